The van der Waals surface area contributed by atoms with Gasteiger partial charge in [-0.25, -0.2) is 4.98 Å². The summed E-state index contributed by atoms with van der Waals surface area (Å²) < 4.78 is 0. The highest BCUT2D eigenvalue weighted by molar-refractivity contribution is 7.13. The number of thiazole rings is 1. The van der Waals surface area contributed by atoms with E-state index in [0.29, 0.717) is 6.04 Å². The Kier molecular flexibility index (Phi) is 3.99. The molecular weight excluding hydrogens is 290 g/mol. The van der Waals surface area contributed by atoms with Gasteiger partial charge in [0, 0.05) is 35.6 Å². The van der Waals surface area contributed by atoms with Crippen molar-refractivity contribution in [3.05, 3.63) is 41.4 Å². The summed E-state index contributed by atoms with van der Waals surface area (Å²) in [4.78, 5) is 7.34. The van der Waals surface area contributed by atoms with Gasteiger partial charge in [0.05, 0.1) is 5.69 Å². The quantitative estimate of drug-likeness (QED) is 0.936. The third-order valence-corrected chi connectivity index (χ3v) is 6.00. The maximum atomic E-state index is 4.83. The molecule has 1 aromatic carbocycles. The fourth-order valence-corrected chi connectivity index (χ4v) is 4.68. The van der Waals surface area contributed by atoms with E-state index in [4.69, 9.17) is 4.98 Å². The second-order valence-corrected chi connectivity index (χ2v) is 7.55. The summed E-state index contributed by atoms with van der Waals surface area (Å²) in [5.41, 5.74) is 2.43. The lowest BCUT2D eigenvalue weighted by Crippen LogP contribution is -2.46. The van der Waals surface area contributed by atoms with Crippen molar-refractivity contribution < 1.29 is 0 Å². The molecule has 1 aromatic heterocycles. The number of fused-ring (bicyclic) bond motifs is 2. The number of piperidine rings is 1. The van der Waals surface area contributed by atoms with Crippen molar-refractivity contribution in [2.75, 3.05) is 7.05 Å². The summed E-state index contributed by atoms with van der Waals surface area (Å²) >= 11 is 1.75. The van der Waals surface area contributed by atoms with Crippen LogP contribution in [0.25, 0.3) is 10.6 Å². The minimum atomic E-state index is 0.709. The van der Waals surface area contributed by atoms with E-state index in [2.05, 4.69) is 53.0 Å². The predicted octanol–water partition coefficient (Wildman–Crippen LogP) is 3.52. The molecule has 4 rings (SSSR count). The first-order valence-electron chi connectivity index (χ1n) is 8.24. The van der Waals surface area contributed by atoms with Gasteiger partial charge in [-0.2, -0.15) is 0 Å². The van der Waals surface area contributed by atoms with Crippen molar-refractivity contribution in [2.24, 2.45) is 0 Å². The molecular formula is C18H23N3S. The number of aromatic nitrogens is 1. The Balaban J connectivity index is 1.42. The predicted molar refractivity (Wildman–Crippen MR) is 92.0 cm³/mol. The molecule has 116 valence electrons. The van der Waals surface area contributed by atoms with Gasteiger partial charge in [0.1, 0.15) is 5.01 Å². The van der Waals surface area contributed by atoms with E-state index in [9.17, 15) is 0 Å². The molecule has 3 heterocycles. The van der Waals surface area contributed by atoms with Crippen LogP contribution in [-0.4, -0.2) is 35.1 Å². The van der Waals surface area contributed by atoms with Crippen LogP contribution in [-0.2, 0) is 6.54 Å². The molecule has 0 aliphatic carbocycles. The average molecular weight is 313 g/mol. The standard InChI is InChI=1S/C18H23N3S/c1-21(17-9-14-7-8-15(10-17)19-14)11-16-12-22-18(20-16)13-5-3-2-4-6-13/h2-6,12,14-15,17,19H,7-11H2,1H3. The lowest BCUT2D eigenvalue weighted by molar-refractivity contribution is 0.164. The third kappa shape index (κ3) is 2.96. The number of hydrogen-bond donors (Lipinski definition) is 1. The molecule has 2 aliphatic heterocycles. The molecule has 2 unspecified atom stereocenters. The van der Waals surface area contributed by atoms with Gasteiger partial charge in [0.25, 0.3) is 0 Å². The Labute approximate surface area is 136 Å². The van der Waals surface area contributed by atoms with Gasteiger partial charge in [0.15, 0.2) is 0 Å². The Hall–Kier alpha value is -1.23. The molecule has 4 heteroatoms. The topological polar surface area (TPSA) is 28.2 Å². The highest BCUT2D eigenvalue weighted by atomic mass is 32.1. The van der Waals surface area contributed by atoms with Crippen molar-refractivity contribution in [2.45, 2.75) is 50.4 Å². The van der Waals surface area contributed by atoms with Crippen molar-refractivity contribution in [3.63, 3.8) is 0 Å². The third-order valence-electron chi connectivity index (χ3n) is 5.06. The largest absolute Gasteiger partial charge is 0.311 e. The minimum absolute atomic E-state index is 0.709. The molecule has 0 saturated carbocycles. The summed E-state index contributed by atoms with van der Waals surface area (Å²) in [7, 11) is 2.26. The summed E-state index contributed by atoms with van der Waals surface area (Å²) in [5, 5.41) is 7.07. The van der Waals surface area contributed by atoms with Gasteiger partial charge in [-0.1, -0.05) is 30.3 Å². The number of benzene rings is 1. The van der Waals surface area contributed by atoms with Crippen LogP contribution in [0.15, 0.2) is 35.7 Å². The zero-order valence-corrected chi connectivity index (χ0v) is 13.9. The second kappa shape index (κ2) is 6.11. The molecule has 2 saturated heterocycles. The number of rotatable bonds is 4. The highest BCUT2D eigenvalue weighted by Gasteiger charge is 2.35. The molecule has 2 aliphatic rings. The molecule has 0 spiro atoms. The second-order valence-electron chi connectivity index (χ2n) is 6.69. The van der Waals surface area contributed by atoms with Gasteiger partial charge < -0.3 is 5.32 Å². The molecule has 2 fully saturated rings. The van der Waals surface area contributed by atoms with E-state index in [0.717, 1.165) is 23.6 Å². The maximum absolute atomic E-state index is 4.83. The zero-order valence-electron chi connectivity index (χ0n) is 13.0. The van der Waals surface area contributed by atoms with E-state index in [-0.39, 0.29) is 0 Å². The fraction of sp³-hybridized carbons (Fsp3) is 0.500. The first-order valence-corrected chi connectivity index (χ1v) is 9.12. The van der Waals surface area contributed by atoms with Crippen LogP contribution in [0.5, 0.6) is 0 Å². The van der Waals surface area contributed by atoms with Crippen molar-refractivity contribution in [1.82, 2.24) is 15.2 Å². The first kappa shape index (κ1) is 14.4. The van der Waals surface area contributed by atoms with E-state index >= 15 is 0 Å². The summed E-state index contributed by atoms with van der Waals surface area (Å²) in [6, 6.07) is 12.7. The van der Waals surface area contributed by atoms with E-state index in [1.165, 1.54) is 36.9 Å². The van der Waals surface area contributed by atoms with Crippen LogP contribution in [0.3, 0.4) is 0 Å². The Bertz CT molecular complexity index is 612. The van der Waals surface area contributed by atoms with Crippen LogP contribution >= 0.6 is 11.3 Å². The molecule has 0 radical (unpaired) electrons. The molecule has 2 bridgehead atoms. The van der Waals surface area contributed by atoms with Gasteiger partial charge in [-0.3, -0.25) is 4.90 Å². The minimum Gasteiger partial charge on any atom is -0.311 e. The molecule has 1 N–H and O–H groups in total. The average Bonchev–Trinajstić information content (AvgIpc) is 3.14. The molecule has 2 atom stereocenters. The van der Waals surface area contributed by atoms with Gasteiger partial charge in [0.2, 0.25) is 0 Å². The van der Waals surface area contributed by atoms with Gasteiger partial charge >= 0.3 is 0 Å². The first-order chi connectivity index (χ1) is 10.8. The van der Waals surface area contributed by atoms with Crippen molar-refractivity contribution in [1.29, 1.82) is 0 Å². The van der Waals surface area contributed by atoms with E-state index < -0.39 is 0 Å². The van der Waals surface area contributed by atoms with Crippen LogP contribution in [0.1, 0.15) is 31.4 Å². The van der Waals surface area contributed by atoms with E-state index in [1.54, 1.807) is 11.3 Å². The zero-order chi connectivity index (χ0) is 14.9. The molecule has 22 heavy (non-hydrogen) atoms. The monoisotopic (exact) mass is 313 g/mol. The van der Waals surface area contributed by atoms with Crippen molar-refractivity contribution in [3.8, 4) is 10.6 Å². The summed E-state index contributed by atoms with van der Waals surface area (Å²) in [5.74, 6) is 0. The number of hydrogen-bond acceptors (Lipinski definition) is 4. The normalized spacial score (nSPS) is 27.5. The van der Waals surface area contributed by atoms with Gasteiger partial charge in [-0.15, -0.1) is 11.3 Å². The summed E-state index contributed by atoms with van der Waals surface area (Å²) in [6.07, 6.45) is 5.32. The van der Waals surface area contributed by atoms with Gasteiger partial charge in [-0.05, 0) is 32.7 Å². The number of nitrogens with one attached hydrogen (secondary N) is 1. The Morgan fingerprint density at radius 3 is 2.64 bits per heavy atom. The molecule has 0 amide bonds. The SMILES string of the molecule is CN(Cc1csc(-c2ccccc2)n1)C1CC2CCC(C1)N2. The molecule has 2 aromatic rings. The van der Waals surface area contributed by atoms with Crippen LogP contribution < -0.4 is 5.32 Å². The lowest BCUT2D eigenvalue weighted by Gasteiger charge is -2.35. The van der Waals surface area contributed by atoms with Crippen LogP contribution in [0.2, 0.25) is 0 Å². The Morgan fingerprint density at radius 1 is 1.18 bits per heavy atom. The highest BCUT2D eigenvalue weighted by Crippen LogP contribution is 2.30. The summed E-state index contributed by atoms with van der Waals surface area (Å²) in [6.45, 7) is 0.966. The molecule has 3 nitrogen and oxygen atoms in total. The Morgan fingerprint density at radius 2 is 1.91 bits per heavy atom. The lowest BCUT2D eigenvalue weighted by atomic mass is 9.98. The van der Waals surface area contributed by atoms with Crippen LogP contribution in [0.4, 0.5) is 0 Å². The fourth-order valence-electron chi connectivity index (χ4n) is 3.86. The van der Waals surface area contributed by atoms with Crippen LogP contribution in [0, 0.1) is 0 Å². The van der Waals surface area contributed by atoms with E-state index in [1.807, 2.05) is 0 Å². The maximum Gasteiger partial charge on any atom is 0.123 e. The van der Waals surface area contributed by atoms with Crippen molar-refractivity contribution >= 4 is 11.3 Å². The smallest absolute Gasteiger partial charge is 0.123 e. The number of nitrogens with zero attached hydrogens (tertiary/aromatic N) is 2.